The van der Waals surface area contributed by atoms with Gasteiger partial charge in [-0.15, -0.1) is 0 Å². The smallest absolute Gasteiger partial charge is 0.435 e. The SMILES string of the molecule is Cc1cc(C(=O)NCC(=O)C(=O)O)cc2nc(C(F)(F)F)c(CC3CCC(F)(F)CC3)n12. The van der Waals surface area contributed by atoms with Crippen molar-refractivity contribution in [3.05, 3.63) is 34.8 Å². The zero-order chi connectivity index (χ0) is 23.8. The first-order chi connectivity index (χ1) is 14.8. The first kappa shape index (κ1) is 23.6. The molecule has 0 radical (unpaired) electrons. The number of carbonyl (C=O) groups is 3. The number of ketones is 1. The van der Waals surface area contributed by atoms with E-state index in [4.69, 9.17) is 5.11 Å². The first-order valence-electron chi connectivity index (χ1n) is 9.80. The number of hydrogen-bond acceptors (Lipinski definition) is 4. The highest BCUT2D eigenvalue weighted by Gasteiger charge is 2.40. The van der Waals surface area contributed by atoms with Crippen LogP contribution in [0, 0.1) is 12.8 Å². The fraction of sp³-hybridized carbons (Fsp3) is 0.500. The molecule has 1 aliphatic rings. The number of nitrogens with zero attached hydrogens (tertiary/aromatic N) is 2. The molecule has 7 nitrogen and oxygen atoms in total. The zero-order valence-corrected chi connectivity index (χ0v) is 16.9. The average molecular weight is 461 g/mol. The summed E-state index contributed by atoms with van der Waals surface area (Å²) >= 11 is 0. The van der Waals surface area contributed by atoms with Crippen molar-refractivity contribution >= 4 is 23.3 Å². The van der Waals surface area contributed by atoms with Crippen LogP contribution in [-0.2, 0) is 22.2 Å². The summed E-state index contributed by atoms with van der Waals surface area (Å²) in [6.07, 6.45) is -5.46. The fourth-order valence-electron chi connectivity index (χ4n) is 3.90. The van der Waals surface area contributed by atoms with Gasteiger partial charge in [0.1, 0.15) is 5.65 Å². The van der Waals surface area contributed by atoms with Gasteiger partial charge in [0.25, 0.3) is 11.7 Å². The monoisotopic (exact) mass is 461 g/mol. The molecule has 0 bridgehead atoms. The highest BCUT2D eigenvalue weighted by atomic mass is 19.4. The van der Waals surface area contributed by atoms with Crippen LogP contribution < -0.4 is 5.32 Å². The standard InChI is InChI=1S/C20H20F5N3O4/c1-10-6-12(17(30)26-9-14(29)18(31)32)8-15-27-16(20(23,24)25)13(28(10)15)7-11-2-4-19(21,22)5-3-11/h6,8,11H,2-5,7,9H2,1H3,(H,26,30)(H,31,32). The van der Waals surface area contributed by atoms with E-state index in [1.807, 2.05) is 0 Å². The van der Waals surface area contributed by atoms with Crippen LogP contribution in [0.25, 0.3) is 5.65 Å². The highest BCUT2D eigenvalue weighted by molar-refractivity contribution is 6.33. The maximum atomic E-state index is 13.7. The Hall–Kier alpha value is -3.05. The van der Waals surface area contributed by atoms with Crippen LogP contribution in [0.2, 0.25) is 0 Å². The normalized spacial score (nSPS) is 16.8. The van der Waals surface area contributed by atoms with Crippen LogP contribution in [0.15, 0.2) is 12.1 Å². The molecule has 1 aliphatic carbocycles. The fourth-order valence-corrected chi connectivity index (χ4v) is 3.90. The van der Waals surface area contributed by atoms with Crippen molar-refractivity contribution in [1.82, 2.24) is 14.7 Å². The molecule has 0 atom stereocenters. The molecule has 0 spiro atoms. The van der Waals surface area contributed by atoms with E-state index in [0.717, 1.165) is 6.07 Å². The molecule has 2 heterocycles. The number of carbonyl (C=O) groups excluding carboxylic acids is 2. The molecule has 174 valence electrons. The number of carboxylic acids is 1. The Kier molecular flexibility index (Phi) is 6.25. The second kappa shape index (κ2) is 8.47. The molecule has 0 aromatic carbocycles. The van der Waals surface area contributed by atoms with Crippen LogP contribution >= 0.6 is 0 Å². The number of fused-ring (bicyclic) bond motifs is 1. The molecule has 2 aromatic rings. The number of aliphatic carboxylic acids is 1. The molecule has 12 heteroatoms. The van der Waals surface area contributed by atoms with E-state index in [1.54, 1.807) is 0 Å². The molecule has 1 fully saturated rings. The maximum Gasteiger partial charge on any atom is 0.435 e. The van der Waals surface area contributed by atoms with E-state index in [-0.39, 0.29) is 60.6 Å². The molecule has 0 unspecified atom stereocenters. The predicted octanol–water partition coefficient (Wildman–Crippen LogP) is 3.41. The van der Waals surface area contributed by atoms with Crippen molar-refractivity contribution in [2.45, 2.75) is 51.1 Å². The van der Waals surface area contributed by atoms with Crippen molar-refractivity contribution in [3.8, 4) is 0 Å². The summed E-state index contributed by atoms with van der Waals surface area (Å²) < 4.78 is 69.1. The summed E-state index contributed by atoms with van der Waals surface area (Å²) in [5.74, 6) is -7.00. The van der Waals surface area contributed by atoms with Crippen molar-refractivity contribution < 1.29 is 41.4 Å². The third-order valence-electron chi connectivity index (χ3n) is 5.50. The van der Waals surface area contributed by atoms with Crippen molar-refractivity contribution in [1.29, 1.82) is 0 Å². The number of Topliss-reactive ketones (excluding diaryl/α,β-unsaturated/α-hetero) is 1. The lowest BCUT2D eigenvalue weighted by Gasteiger charge is -2.28. The van der Waals surface area contributed by atoms with E-state index in [1.165, 1.54) is 17.4 Å². The minimum absolute atomic E-state index is 0.0917. The maximum absolute atomic E-state index is 13.7. The number of aromatic nitrogens is 2. The Bertz CT molecular complexity index is 1070. The topological polar surface area (TPSA) is 101 Å². The summed E-state index contributed by atoms with van der Waals surface area (Å²) in [6.45, 7) is 0.685. The number of aryl methyl sites for hydroxylation is 1. The molecule has 1 saturated carbocycles. The van der Waals surface area contributed by atoms with Crippen molar-refractivity contribution in [2.24, 2.45) is 5.92 Å². The number of rotatable bonds is 6. The lowest BCUT2D eigenvalue weighted by atomic mass is 9.83. The largest absolute Gasteiger partial charge is 0.475 e. The van der Waals surface area contributed by atoms with Gasteiger partial charge in [-0.2, -0.15) is 13.2 Å². The molecule has 1 amide bonds. The number of carboxylic acid groups (broad SMARTS) is 1. The Morgan fingerprint density at radius 1 is 1.22 bits per heavy atom. The summed E-state index contributed by atoms with van der Waals surface area (Å²) in [5, 5.41) is 10.7. The molecule has 3 rings (SSSR count). The van der Waals surface area contributed by atoms with Gasteiger partial charge < -0.3 is 14.8 Å². The van der Waals surface area contributed by atoms with Crippen LogP contribution in [0.4, 0.5) is 22.0 Å². The number of pyridine rings is 1. The second-order valence-electron chi connectivity index (χ2n) is 7.90. The number of imidazole rings is 1. The Balaban J connectivity index is 1.94. The lowest BCUT2D eigenvalue weighted by Crippen LogP contribution is -2.33. The lowest BCUT2D eigenvalue weighted by molar-refractivity contribution is -0.148. The van der Waals surface area contributed by atoms with Gasteiger partial charge in [-0.25, -0.2) is 18.6 Å². The average Bonchev–Trinajstić information content (AvgIpc) is 3.06. The van der Waals surface area contributed by atoms with Crippen LogP contribution in [0.5, 0.6) is 0 Å². The Morgan fingerprint density at radius 2 is 1.84 bits per heavy atom. The first-order valence-corrected chi connectivity index (χ1v) is 9.80. The van der Waals surface area contributed by atoms with Crippen LogP contribution in [0.1, 0.15) is 53.1 Å². The van der Waals surface area contributed by atoms with E-state index >= 15 is 0 Å². The third-order valence-corrected chi connectivity index (χ3v) is 5.50. The predicted molar refractivity (Wildman–Crippen MR) is 101 cm³/mol. The molecular formula is C20H20F5N3O4. The van der Waals surface area contributed by atoms with Gasteiger partial charge in [0.2, 0.25) is 5.92 Å². The Labute approximate surface area is 178 Å². The Morgan fingerprint density at radius 3 is 2.41 bits per heavy atom. The van der Waals surface area contributed by atoms with Gasteiger partial charge in [-0.05, 0) is 44.2 Å². The van der Waals surface area contributed by atoms with Crippen molar-refractivity contribution in [3.63, 3.8) is 0 Å². The van der Waals surface area contributed by atoms with Gasteiger partial charge in [-0.1, -0.05) is 0 Å². The zero-order valence-electron chi connectivity index (χ0n) is 16.9. The molecule has 0 saturated heterocycles. The van der Waals surface area contributed by atoms with E-state index in [0.29, 0.717) is 0 Å². The second-order valence-corrected chi connectivity index (χ2v) is 7.90. The third kappa shape index (κ3) is 5.05. The summed E-state index contributed by atoms with van der Waals surface area (Å²) in [4.78, 5) is 37.6. The highest BCUT2D eigenvalue weighted by Crippen LogP contribution is 2.40. The molecule has 2 N–H and O–H groups in total. The molecule has 0 aliphatic heterocycles. The minimum Gasteiger partial charge on any atom is -0.475 e. The van der Waals surface area contributed by atoms with Crippen molar-refractivity contribution in [2.75, 3.05) is 6.54 Å². The minimum atomic E-state index is -4.79. The van der Waals surface area contributed by atoms with Gasteiger partial charge in [0, 0.05) is 24.1 Å². The summed E-state index contributed by atoms with van der Waals surface area (Å²) in [5.41, 5.74) is -1.32. The number of hydrogen-bond donors (Lipinski definition) is 2. The summed E-state index contributed by atoms with van der Waals surface area (Å²) in [7, 11) is 0. The van der Waals surface area contributed by atoms with E-state index < -0.39 is 42.0 Å². The van der Waals surface area contributed by atoms with Gasteiger partial charge in [0.15, 0.2) is 5.69 Å². The number of amides is 1. The number of halogens is 5. The number of alkyl halides is 5. The molecule has 2 aromatic heterocycles. The van der Waals surface area contributed by atoms with Crippen LogP contribution in [0.3, 0.4) is 0 Å². The van der Waals surface area contributed by atoms with Gasteiger partial charge >= 0.3 is 12.1 Å². The van der Waals surface area contributed by atoms with Gasteiger partial charge in [-0.3, -0.25) is 9.59 Å². The van der Waals surface area contributed by atoms with Crippen LogP contribution in [-0.4, -0.2) is 44.6 Å². The van der Waals surface area contributed by atoms with Gasteiger partial charge in [0.05, 0.1) is 12.2 Å². The van der Waals surface area contributed by atoms with E-state index in [2.05, 4.69) is 10.3 Å². The molecule has 32 heavy (non-hydrogen) atoms. The number of nitrogens with one attached hydrogen (secondary N) is 1. The quantitative estimate of drug-likeness (QED) is 0.507. The molecular weight excluding hydrogens is 441 g/mol. The van der Waals surface area contributed by atoms with E-state index in [9.17, 15) is 36.3 Å². The summed E-state index contributed by atoms with van der Waals surface area (Å²) in [6, 6.07) is 2.38.